The lowest BCUT2D eigenvalue weighted by molar-refractivity contribution is 0.0687. The summed E-state index contributed by atoms with van der Waals surface area (Å²) in [4.78, 5) is 11.3. The van der Waals surface area contributed by atoms with Crippen LogP contribution in [0.5, 0.6) is 0 Å². The van der Waals surface area contributed by atoms with Crippen molar-refractivity contribution in [3.8, 4) is 5.69 Å². The van der Waals surface area contributed by atoms with E-state index < -0.39 is 11.4 Å². The molecule has 0 radical (unpaired) electrons. The molecule has 0 saturated carbocycles. The van der Waals surface area contributed by atoms with Crippen molar-refractivity contribution in [3.05, 3.63) is 38.0 Å². The van der Waals surface area contributed by atoms with Crippen LogP contribution >= 0.6 is 39.1 Å². The van der Waals surface area contributed by atoms with Crippen LogP contribution in [-0.2, 0) is 5.41 Å². The zero-order valence-electron chi connectivity index (χ0n) is 11.5. The van der Waals surface area contributed by atoms with E-state index in [1.807, 2.05) is 20.8 Å². The van der Waals surface area contributed by atoms with Crippen LogP contribution in [0.15, 0.2) is 16.6 Å². The zero-order valence-corrected chi connectivity index (χ0v) is 14.6. The molecule has 1 aromatic carbocycles. The number of benzene rings is 1. The van der Waals surface area contributed by atoms with Crippen LogP contribution in [0.3, 0.4) is 0 Å². The highest BCUT2D eigenvalue weighted by Gasteiger charge is 2.30. The second kappa shape index (κ2) is 5.59. The molecule has 0 aliphatic heterocycles. The third kappa shape index (κ3) is 2.93. The second-order valence-corrected chi connectivity index (χ2v) is 7.06. The third-order valence-electron chi connectivity index (χ3n) is 2.83. The summed E-state index contributed by atoms with van der Waals surface area (Å²) < 4.78 is 2.07. The van der Waals surface area contributed by atoms with E-state index in [9.17, 15) is 9.90 Å². The first kappa shape index (κ1) is 16.3. The molecule has 8 heteroatoms. The van der Waals surface area contributed by atoms with Gasteiger partial charge < -0.3 is 5.11 Å². The summed E-state index contributed by atoms with van der Waals surface area (Å²) in [5.74, 6) is -1.13. The van der Waals surface area contributed by atoms with Crippen molar-refractivity contribution in [3.63, 3.8) is 0 Å². The number of nitrogens with zero attached hydrogens (tertiary/aromatic N) is 3. The average molecular weight is 393 g/mol. The molecule has 5 nitrogen and oxygen atoms in total. The number of hydrogen-bond donors (Lipinski definition) is 1. The van der Waals surface area contributed by atoms with Gasteiger partial charge in [-0.05, 0) is 28.1 Å². The Bertz CT molecular complexity index is 723. The Morgan fingerprint density at radius 3 is 2.43 bits per heavy atom. The Hall–Kier alpha value is -1.11. The van der Waals surface area contributed by atoms with Gasteiger partial charge in [-0.15, -0.1) is 5.10 Å². The Morgan fingerprint density at radius 1 is 1.29 bits per heavy atom. The minimum atomic E-state index is -1.13. The van der Waals surface area contributed by atoms with E-state index in [-0.39, 0.29) is 10.7 Å². The summed E-state index contributed by atoms with van der Waals surface area (Å²) >= 11 is 15.6. The quantitative estimate of drug-likeness (QED) is 0.772. The highest BCUT2D eigenvalue weighted by molar-refractivity contribution is 9.10. The van der Waals surface area contributed by atoms with E-state index in [2.05, 4.69) is 26.2 Å². The lowest BCUT2D eigenvalue weighted by atomic mass is 9.90. The molecule has 0 atom stereocenters. The zero-order chi connectivity index (χ0) is 15.9. The number of carboxylic acids is 1. The molecule has 1 heterocycles. The van der Waals surface area contributed by atoms with Crippen molar-refractivity contribution < 1.29 is 9.90 Å². The molecule has 112 valence electrons. The fourth-order valence-electron chi connectivity index (χ4n) is 1.95. The van der Waals surface area contributed by atoms with Gasteiger partial charge in [-0.3, -0.25) is 0 Å². The molecular formula is C13H12BrCl2N3O2. The van der Waals surface area contributed by atoms with Gasteiger partial charge in [0.25, 0.3) is 0 Å². The molecule has 0 fully saturated rings. The smallest absolute Gasteiger partial charge is 0.358 e. The van der Waals surface area contributed by atoms with Gasteiger partial charge in [-0.2, -0.15) is 0 Å². The highest BCUT2D eigenvalue weighted by Crippen LogP contribution is 2.36. The van der Waals surface area contributed by atoms with Gasteiger partial charge in [-0.25, -0.2) is 9.48 Å². The highest BCUT2D eigenvalue weighted by atomic mass is 79.9. The maximum absolute atomic E-state index is 11.3. The first-order valence-electron chi connectivity index (χ1n) is 5.98. The number of carbonyl (C=O) groups is 1. The number of hydrogen-bond acceptors (Lipinski definition) is 3. The summed E-state index contributed by atoms with van der Waals surface area (Å²) in [6.07, 6.45) is 0. The summed E-state index contributed by atoms with van der Waals surface area (Å²) in [5.41, 5.74) is 0.350. The van der Waals surface area contributed by atoms with Gasteiger partial charge in [0.15, 0.2) is 5.69 Å². The number of aromatic carboxylic acids is 1. The Balaban J connectivity index is 2.77. The van der Waals surface area contributed by atoms with Crippen molar-refractivity contribution in [2.75, 3.05) is 0 Å². The molecule has 0 amide bonds. The van der Waals surface area contributed by atoms with Gasteiger partial charge in [0.05, 0.1) is 21.4 Å². The Labute approximate surface area is 140 Å². The van der Waals surface area contributed by atoms with E-state index >= 15 is 0 Å². The van der Waals surface area contributed by atoms with Crippen LogP contribution in [0.25, 0.3) is 5.69 Å². The van der Waals surface area contributed by atoms with E-state index in [1.54, 1.807) is 12.1 Å². The first-order valence-corrected chi connectivity index (χ1v) is 7.53. The van der Waals surface area contributed by atoms with Crippen molar-refractivity contribution in [1.29, 1.82) is 0 Å². The first-order chi connectivity index (χ1) is 9.64. The predicted molar refractivity (Wildman–Crippen MR) is 84.7 cm³/mol. The monoisotopic (exact) mass is 391 g/mol. The molecule has 0 aliphatic carbocycles. The van der Waals surface area contributed by atoms with Crippen LogP contribution in [0, 0.1) is 0 Å². The molecule has 2 rings (SSSR count). The molecule has 0 bridgehead atoms. The third-order valence-corrected chi connectivity index (χ3v) is 4.59. The number of carboxylic acid groups (broad SMARTS) is 1. The van der Waals surface area contributed by atoms with Crippen molar-refractivity contribution >= 4 is 45.1 Å². The summed E-state index contributed by atoms with van der Waals surface area (Å²) in [6, 6.07) is 3.42. The summed E-state index contributed by atoms with van der Waals surface area (Å²) in [6.45, 7) is 5.63. The summed E-state index contributed by atoms with van der Waals surface area (Å²) in [5, 5.41) is 17.6. The van der Waals surface area contributed by atoms with E-state index in [1.165, 1.54) is 4.68 Å². The van der Waals surface area contributed by atoms with Crippen LogP contribution in [-0.4, -0.2) is 26.1 Å². The normalized spacial score (nSPS) is 11.7. The molecule has 2 aromatic rings. The van der Waals surface area contributed by atoms with Gasteiger partial charge in [0.1, 0.15) is 0 Å². The Morgan fingerprint density at radius 2 is 1.90 bits per heavy atom. The largest absolute Gasteiger partial charge is 0.476 e. The maximum Gasteiger partial charge on any atom is 0.358 e. The molecule has 0 unspecified atom stereocenters. The van der Waals surface area contributed by atoms with Crippen molar-refractivity contribution in [2.24, 2.45) is 0 Å². The minimum Gasteiger partial charge on any atom is -0.476 e. The number of aromatic nitrogens is 3. The standard InChI is InChI=1S/C13H12BrCl2N3O2/c1-13(2,3)11-10(12(20)21)17-18-19(11)7-5-4-6(14)8(15)9(7)16/h4-5H,1-3H3,(H,20,21). The van der Waals surface area contributed by atoms with Crippen molar-refractivity contribution in [1.82, 2.24) is 15.0 Å². The van der Waals surface area contributed by atoms with E-state index in [4.69, 9.17) is 23.2 Å². The molecule has 21 heavy (non-hydrogen) atoms. The van der Waals surface area contributed by atoms with E-state index in [0.717, 1.165) is 0 Å². The Kier molecular flexibility index (Phi) is 4.33. The molecule has 1 N–H and O–H groups in total. The SMILES string of the molecule is CC(C)(C)c1c(C(=O)O)nnn1-c1ccc(Br)c(Cl)c1Cl. The number of rotatable bonds is 2. The van der Waals surface area contributed by atoms with Crippen LogP contribution in [0.2, 0.25) is 10.0 Å². The fraction of sp³-hybridized carbons (Fsp3) is 0.308. The molecule has 0 spiro atoms. The average Bonchev–Trinajstić information content (AvgIpc) is 2.81. The van der Waals surface area contributed by atoms with Gasteiger partial charge >= 0.3 is 5.97 Å². The molecule has 0 aliphatic rings. The molecular weight excluding hydrogens is 381 g/mol. The fourth-order valence-corrected chi connectivity index (χ4v) is 2.80. The second-order valence-electron chi connectivity index (χ2n) is 5.45. The lowest BCUT2D eigenvalue weighted by Gasteiger charge is -2.21. The summed E-state index contributed by atoms with van der Waals surface area (Å²) in [7, 11) is 0. The van der Waals surface area contributed by atoms with Crippen LogP contribution in [0.1, 0.15) is 37.0 Å². The lowest BCUT2D eigenvalue weighted by Crippen LogP contribution is -2.21. The van der Waals surface area contributed by atoms with Gasteiger partial charge in [0, 0.05) is 9.89 Å². The number of halogens is 3. The van der Waals surface area contributed by atoms with Crippen LogP contribution < -0.4 is 0 Å². The topological polar surface area (TPSA) is 68.0 Å². The molecule has 0 saturated heterocycles. The predicted octanol–water partition coefficient (Wildman–Crippen LogP) is 4.33. The van der Waals surface area contributed by atoms with Gasteiger partial charge in [0.2, 0.25) is 0 Å². The maximum atomic E-state index is 11.3. The van der Waals surface area contributed by atoms with Crippen LogP contribution in [0.4, 0.5) is 0 Å². The van der Waals surface area contributed by atoms with Gasteiger partial charge in [-0.1, -0.05) is 49.2 Å². The molecule has 1 aromatic heterocycles. The van der Waals surface area contributed by atoms with Crippen molar-refractivity contribution in [2.45, 2.75) is 26.2 Å². The minimum absolute atomic E-state index is 0.0994. The van der Waals surface area contributed by atoms with E-state index in [0.29, 0.717) is 20.9 Å².